The zero-order valence-electron chi connectivity index (χ0n) is 8.65. The van der Waals surface area contributed by atoms with Crippen LogP contribution in [0.5, 0.6) is 0 Å². The van der Waals surface area contributed by atoms with Crippen molar-refractivity contribution in [2.45, 2.75) is 19.5 Å². The molecule has 2 aromatic rings. The zero-order chi connectivity index (χ0) is 11.7. The average Bonchev–Trinajstić information content (AvgIpc) is 2.83. The Balaban J connectivity index is 2.40. The highest BCUT2D eigenvalue weighted by Crippen LogP contribution is 2.29. The van der Waals surface area contributed by atoms with Crippen LogP contribution in [-0.4, -0.2) is 9.78 Å². The van der Waals surface area contributed by atoms with Gasteiger partial charge in [-0.25, -0.2) is 0 Å². The van der Waals surface area contributed by atoms with E-state index in [0.29, 0.717) is 0 Å². The maximum Gasteiger partial charge on any atom is 0.0743 e. The van der Waals surface area contributed by atoms with Gasteiger partial charge < -0.3 is 5.73 Å². The molecule has 2 aromatic heterocycles. The molecule has 6 heteroatoms. The van der Waals surface area contributed by atoms with Gasteiger partial charge in [0, 0.05) is 6.54 Å². The van der Waals surface area contributed by atoms with Gasteiger partial charge in [0.05, 0.1) is 25.3 Å². The number of halogens is 2. The van der Waals surface area contributed by atoms with Crippen molar-refractivity contribution in [3.63, 3.8) is 0 Å². The minimum absolute atomic E-state index is 0.114. The molecule has 16 heavy (non-hydrogen) atoms. The molecule has 0 spiro atoms. The third kappa shape index (κ3) is 2.34. The van der Waals surface area contributed by atoms with Crippen LogP contribution in [-0.2, 0) is 6.54 Å². The number of aryl methyl sites for hydroxylation is 1. The molecule has 0 aliphatic rings. The summed E-state index contributed by atoms with van der Waals surface area (Å²) < 4.78 is 4.16. The van der Waals surface area contributed by atoms with Gasteiger partial charge in [-0.3, -0.25) is 4.68 Å². The highest BCUT2D eigenvalue weighted by Gasteiger charge is 2.18. The summed E-state index contributed by atoms with van der Waals surface area (Å²) in [7, 11) is 0. The van der Waals surface area contributed by atoms with Crippen molar-refractivity contribution in [1.82, 2.24) is 9.78 Å². The van der Waals surface area contributed by atoms with Gasteiger partial charge in [-0.15, -0.1) is 11.3 Å². The Hall–Kier alpha value is 0.0800. The van der Waals surface area contributed by atoms with Gasteiger partial charge in [-0.2, -0.15) is 5.10 Å². The monoisotopic (exact) mass is 411 g/mol. The number of aromatic nitrogens is 2. The van der Waals surface area contributed by atoms with E-state index in [1.165, 1.54) is 2.88 Å². The van der Waals surface area contributed by atoms with Crippen LogP contribution in [0.15, 0.2) is 22.1 Å². The molecule has 0 fully saturated rings. The highest BCUT2D eigenvalue weighted by molar-refractivity contribution is 14.1. The molecule has 2 heterocycles. The third-order valence-electron chi connectivity index (χ3n) is 2.37. The van der Waals surface area contributed by atoms with Crippen molar-refractivity contribution in [2.75, 3.05) is 0 Å². The summed E-state index contributed by atoms with van der Waals surface area (Å²) in [6.45, 7) is 2.89. The van der Waals surface area contributed by atoms with Crippen molar-refractivity contribution >= 4 is 49.9 Å². The van der Waals surface area contributed by atoms with Crippen LogP contribution < -0.4 is 5.73 Å². The van der Waals surface area contributed by atoms with Gasteiger partial charge in [-0.1, -0.05) is 0 Å². The first-order valence-electron chi connectivity index (χ1n) is 4.84. The van der Waals surface area contributed by atoms with E-state index < -0.39 is 0 Å². The van der Waals surface area contributed by atoms with Crippen molar-refractivity contribution in [1.29, 1.82) is 0 Å². The summed E-state index contributed by atoms with van der Waals surface area (Å²) in [4.78, 5) is 0. The lowest BCUT2D eigenvalue weighted by molar-refractivity contribution is 0.600. The van der Waals surface area contributed by atoms with Gasteiger partial charge in [0.2, 0.25) is 0 Å². The molecule has 0 aliphatic carbocycles. The van der Waals surface area contributed by atoms with Crippen LogP contribution >= 0.6 is 49.9 Å². The van der Waals surface area contributed by atoms with Gasteiger partial charge in [0.15, 0.2) is 0 Å². The lowest BCUT2D eigenvalue weighted by atomic mass is 10.1. The number of hydrogen-bond donors (Lipinski definition) is 1. The Morgan fingerprint density at radius 2 is 2.44 bits per heavy atom. The van der Waals surface area contributed by atoms with Crippen molar-refractivity contribution in [3.8, 4) is 0 Å². The molecular formula is C10H11BrIN3S. The fourth-order valence-electron chi connectivity index (χ4n) is 1.58. The molecule has 0 aromatic carbocycles. The fourth-order valence-corrected chi connectivity index (χ4v) is 3.53. The number of nitrogens with zero attached hydrogens (tertiary/aromatic N) is 2. The van der Waals surface area contributed by atoms with E-state index >= 15 is 0 Å². The fraction of sp³-hybridized carbons (Fsp3) is 0.300. The van der Waals surface area contributed by atoms with E-state index in [1.54, 1.807) is 17.5 Å². The molecule has 86 valence electrons. The van der Waals surface area contributed by atoms with Gasteiger partial charge >= 0.3 is 0 Å². The van der Waals surface area contributed by atoms with E-state index in [-0.39, 0.29) is 6.04 Å². The summed E-state index contributed by atoms with van der Waals surface area (Å²) in [6, 6.07) is 2.01. The summed E-state index contributed by atoms with van der Waals surface area (Å²) in [5.41, 5.74) is 8.45. The van der Waals surface area contributed by atoms with E-state index in [1.807, 2.05) is 4.68 Å². The predicted octanol–water partition coefficient (Wildman–Crippen LogP) is 3.38. The smallest absolute Gasteiger partial charge is 0.0743 e. The number of nitrogens with two attached hydrogens (primary N) is 1. The Morgan fingerprint density at radius 1 is 1.69 bits per heavy atom. The van der Waals surface area contributed by atoms with E-state index in [0.717, 1.165) is 22.3 Å². The van der Waals surface area contributed by atoms with Crippen LogP contribution in [0.1, 0.15) is 24.2 Å². The van der Waals surface area contributed by atoms with Crippen molar-refractivity contribution in [2.24, 2.45) is 5.73 Å². The highest BCUT2D eigenvalue weighted by atomic mass is 127. The number of hydrogen-bond acceptors (Lipinski definition) is 3. The van der Waals surface area contributed by atoms with Crippen LogP contribution in [0.4, 0.5) is 0 Å². The Labute approximate surface area is 120 Å². The predicted molar refractivity (Wildman–Crippen MR) is 78.7 cm³/mol. The number of thiophene rings is 1. The normalized spacial score (nSPS) is 13.0. The molecule has 1 atom stereocenters. The lowest BCUT2D eigenvalue weighted by Gasteiger charge is -2.12. The van der Waals surface area contributed by atoms with Crippen LogP contribution in [0.25, 0.3) is 0 Å². The molecule has 0 saturated heterocycles. The van der Waals surface area contributed by atoms with Crippen LogP contribution in [0.2, 0.25) is 0 Å². The minimum atomic E-state index is -0.114. The van der Waals surface area contributed by atoms with Gasteiger partial charge in [-0.05, 0) is 62.5 Å². The van der Waals surface area contributed by atoms with Crippen LogP contribution in [0.3, 0.4) is 0 Å². The topological polar surface area (TPSA) is 43.8 Å². The van der Waals surface area contributed by atoms with Crippen molar-refractivity contribution in [3.05, 3.63) is 36.3 Å². The van der Waals surface area contributed by atoms with E-state index in [2.05, 4.69) is 62.0 Å². The zero-order valence-corrected chi connectivity index (χ0v) is 13.2. The number of rotatable bonds is 3. The first-order valence-corrected chi connectivity index (χ1v) is 7.59. The molecule has 0 saturated carbocycles. The maximum absolute atomic E-state index is 6.26. The van der Waals surface area contributed by atoms with Gasteiger partial charge in [0.1, 0.15) is 0 Å². The van der Waals surface area contributed by atoms with Gasteiger partial charge in [0.25, 0.3) is 0 Å². The largest absolute Gasteiger partial charge is 0.319 e. The molecule has 1 unspecified atom stereocenters. The SMILES string of the molecule is CCn1ncc(Br)c1C(N)c1csc(I)c1. The average molecular weight is 412 g/mol. The first-order chi connectivity index (χ1) is 7.63. The second-order valence-corrected chi connectivity index (χ2v) is 7.02. The van der Waals surface area contributed by atoms with Crippen molar-refractivity contribution < 1.29 is 0 Å². The minimum Gasteiger partial charge on any atom is -0.319 e. The molecule has 0 radical (unpaired) electrons. The molecule has 2 rings (SSSR count). The second-order valence-electron chi connectivity index (χ2n) is 3.36. The molecule has 3 nitrogen and oxygen atoms in total. The maximum atomic E-state index is 6.26. The molecule has 0 amide bonds. The lowest BCUT2D eigenvalue weighted by Crippen LogP contribution is -2.17. The molecule has 0 aliphatic heterocycles. The Morgan fingerprint density at radius 3 is 3.00 bits per heavy atom. The molecule has 0 bridgehead atoms. The molecule has 2 N–H and O–H groups in total. The second kappa shape index (κ2) is 5.16. The summed E-state index contributed by atoms with van der Waals surface area (Å²) in [5.74, 6) is 0. The summed E-state index contributed by atoms with van der Waals surface area (Å²) in [6.07, 6.45) is 1.80. The molecular weight excluding hydrogens is 401 g/mol. The van der Waals surface area contributed by atoms with Crippen LogP contribution in [0, 0.1) is 2.88 Å². The summed E-state index contributed by atoms with van der Waals surface area (Å²) >= 11 is 7.52. The standard InChI is InChI=1S/C10H11BrIN3S/c1-2-15-10(7(11)4-14-15)9(13)6-3-8(12)16-5-6/h3-5,9H,2,13H2,1H3. The quantitative estimate of drug-likeness (QED) is 0.786. The van der Waals surface area contributed by atoms with E-state index in [4.69, 9.17) is 5.73 Å². The Kier molecular flexibility index (Phi) is 4.04. The third-order valence-corrected chi connectivity index (χ3v) is 4.79. The Bertz CT molecular complexity index is 494. The first kappa shape index (κ1) is 12.5. The summed E-state index contributed by atoms with van der Waals surface area (Å²) in [5, 5.41) is 6.38. The van der Waals surface area contributed by atoms with E-state index in [9.17, 15) is 0 Å².